The number of fused-ring (bicyclic) bond motifs is 1. The number of nitrogens with one attached hydrogen (secondary N) is 2. The van der Waals surface area contributed by atoms with Gasteiger partial charge in [-0.3, -0.25) is 14.6 Å². The maximum Gasteiger partial charge on any atom is 0.252 e. The predicted octanol–water partition coefficient (Wildman–Crippen LogP) is 2.29. The molecule has 6 N–H and O–H groups in total. The Hall–Kier alpha value is -3.75. The molecule has 1 aromatic carbocycles. The summed E-state index contributed by atoms with van der Waals surface area (Å²) in [5.41, 5.74) is 11.9. The summed E-state index contributed by atoms with van der Waals surface area (Å²) in [5, 5.41) is 6.45. The van der Waals surface area contributed by atoms with Crippen molar-refractivity contribution < 1.29 is 14.0 Å². The summed E-state index contributed by atoms with van der Waals surface area (Å²) in [6.07, 6.45) is 1.93. The summed E-state index contributed by atoms with van der Waals surface area (Å²) in [6.45, 7) is 1.72. The van der Waals surface area contributed by atoms with Crippen molar-refractivity contribution in [3.8, 4) is 0 Å². The van der Waals surface area contributed by atoms with Crippen molar-refractivity contribution in [2.45, 2.75) is 19.4 Å². The normalized spacial score (nSPS) is 11.8. The number of pyridine rings is 2. The number of rotatable bonds is 7. The van der Waals surface area contributed by atoms with Crippen LogP contribution in [-0.4, -0.2) is 27.8 Å². The molecule has 0 fully saturated rings. The molecule has 144 valence electrons. The number of benzene rings is 1. The lowest BCUT2D eigenvalue weighted by Crippen LogP contribution is -2.35. The highest BCUT2D eigenvalue weighted by Gasteiger charge is 2.20. The van der Waals surface area contributed by atoms with Crippen LogP contribution in [-0.2, 0) is 4.79 Å². The molecule has 0 unspecified atom stereocenters. The second kappa shape index (κ2) is 7.87. The third-order valence-corrected chi connectivity index (χ3v) is 4.21. The van der Waals surface area contributed by atoms with Gasteiger partial charge in [0, 0.05) is 11.6 Å². The van der Waals surface area contributed by atoms with E-state index in [4.69, 9.17) is 11.5 Å². The number of halogens is 1. The van der Waals surface area contributed by atoms with E-state index >= 15 is 0 Å². The number of hydrogen-bond donors (Lipinski definition) is 4. The summed E-state index contributed by atoms with van der Waals surface area (Å²) in [4.78, 5) is 31.7. The van der Waals surface area contributed by atoms with Crippen LogP contribution in [0, 0.1) is 5.82 Å². The smallest absolute Gasteiger partial charge is 0.252 e. The van der Waals surface area contributed by atoms with E-state index in [1.807, 2.05) is 24.3 Å². The molecule has 9 heteroatoms. The minimum Gasteiger partial charge on any atom is -0.368 e. The number of amides is 2. The first-order valence-corrected chi connectivity index (χ1v) is 8.57. The van der Waals surface area contributed by atoms with E-state index < -0.39 is 23.7 Å². The number of nitrogens with zero attached hydrogens (tertiary/aromatic N) is 2. The zero-order valence-corrected chi connectivity index (χ0v) is 15.1. The lowest BCUT2D eigenvalue weighted by molar-refractivity contribution is -0.118. The Morgan fingerprint density at radius 3 is 2.61 bits per heavy atom. The SMILES string of the molecule is CC[C@@H](Nc1nc(Nc2ccnc3ccccc23)c(C(N)=O)cc1F)C(N)=O. The monoisotopic (exact) mass is 382 g/mol. The molecule has 2 aromatic heterocycles. The average molecular weight is 382 g/mol. The second-order valence-electron chi connectivity index (χ2n) is 6.09. The molecule has 3 rings (SSSR count). The van der Waals surface area contributed by atoms with Crippen molar-refractivity contribution in [1.29, 1.82) is 0 Å². The molecule has 0 saturated heterocycles. The van der Waals surface area contributed by atoms with Gasteiger partial charge in [-0.15, -0.1) is 0 Å². The van der Waals surface area contributed by atoms with E-state index in [2.05, 4.69) is 20.6 Å². The Kier molecular flexibility index (Phi) is 5.35. The number of nitrogens with two attached hydrogens (primary N) is 2. The van der Waals surface area contributed by atoms with Crippen LogP contribution in [0.5, 0.6) is 0 Å². The highest BCUT2D eigenvalue weighted by Crippen LogP contribution is 2.28. The molecule has 2 amide bonds. The fourth-order valence-electron chi connectivity index (χ4n) is 2.75. The molecular formula is C19H19FN6O2. The quantitative estimate of drug-likeness (QED) is 0.495. The van der Waals surface area contributed by atoms with Crippen LogP contribution in [0.1, 0.15) is 23.7 Å². The van der Waals surface area contributed by atoms with Crippen LogP contribution in [0.15, 0.2) is 42.6 Å². The summed E-state index contributed by atoms with van der Waals surface area (Å²) in [6, 6.07) is 9.22. The van der Waals surface area contributed by atoms with Crippen LogP contribution in [0.3, 0.4) is 0 Å². The van der Waals surface area contributed by atoms with Gasteiger partial charge in [-0.25, -0.2) is 9.37 Å². The Morgan fingerprint density at radius 1 is 1.18 bits per heavy atom. The molecule has 8 nitrogen and oxygen atoms in total. The zero-order chi connectivity index (χ0) is 20.3. The lowest BCUT2D eigenvalue weighted by Gasteiger charge is -2.17. The summed E-state index contributed by atoms with van der Waals surface area (Å²) in [5.74, 6) is -2.47. The van der Waals surface area contributed by atoms with E-state index in [1.54, 1.807) is 19.2 Å². The highest BCUT2D eigenvalue weighted by molar-refractivity contribution is 6.00. The number of aromatic nitrogens is 2. The number of hydrogen-bond acceptors (Lipinski definition) is 6. The van der Waals surface area contributed by atoms with E-state index in [9.17, 15) is 14.0 Å². The Morgan fingerprint density at radius 2 is 1.93 bits per heavy atom. The Labute approximate surface area is 160 Å². The molecule has 0 radical (unpaired) electrons. The van der Waals surface area contributed by atoms with Gasteiger partial charge in [0.05, 0.1) is 16.8 Å². The third kappa shape index (κ3) is 3.83. The van der Waals surface area contributed by atoms with Crippen LogP contribution in [0.4, 0.5) is 21.7 Å². The summed E-state index contributed by atoms with van der Waals surface area (Å²) >= 11 is 0. The van der Waals surface area contributed by atoms with E-state index in [1.165, 1.54) is 0 Å². The Bertz CT molecular complexity index is 1050. The van der Waals surface area contributed by atoms with Crippen molar-refractivity contribution in [3.05, 3.63) is 54.0 Å². The second-order valence-corrected chi connectivity index (χ2v) is 6.09. The number of primary amides is 2. The largest absolute Gasteiger partial charge is 0.368 e. The molecule has 0 bridgehead atoms. The van der Waals surface area contributed by atoms with Crippen molar-refractivity contribution in [2.75, 3.05) is 10.6 Å². The number of para-hydroxylation sites is 1. The van der Waals surface area contributed by atoms with Crippen molar-refractivity contribution in [3.63, 3.8) is 0 Å². The fraction of sp³-hybridized carbons (Fsp3) is 0.158. The number of carbonyl (C=O) groups excluding carboxylic acids is 2. The number of anilines is 3. The van der Waals surface area contributed by atoms with Gasteiger partial charge in [0.15, 0.2) is 11.6 Å². The molecule has 0 aliphatic rings. The molecule has 0 saturated carbocycles. The standard InChI is InChI=1S/C19H19FN6O2/c1-2-13(17(22)28)24-19-12(20)9-11(16(21)27)18(26-19)25-15-7-8-23-14-6-4-3-5-10(14)15/h3-9,13H,2H2,1H3,(H2,21,27)(H2,22,28)(H2,23,24,25,26)/t13-/m1/s1. The molecule has 2 heterocycles. The van der Waals surface area contributed by atoms with Crippen molar-refractivity contribution in [2.24, 2.45) is 11.5 Å². The Balaban J connectivity index is 2.06. The summed E-state index contributed by atoms with van der Waals surface area (Å²) < 4.78 is 14.4. The minimum atomic E-state index is -0.847. The van der Waals surface area contributed by atoms with Crippen LogP contribution < -0.4 is 22.1 Å². The number of carbonyl (C=O) groups is 2. The molecule has 0 aliphatic carbocycles. The van der Waals surface area contributed by atoms with Gasteiger partial charge in [0.1, 0.15) is 11.9 Å². The average Bonchev–Trinajstić information content (AvgIpc) is 2.67. The predicted molar refractivity (Wildman–Crippen MR) is 105 cm³/mol. The summed E-state index contributed by atoms with van der Waals surface area (Å²) in [7, 11) is 0. The highest BCUT2D eigenvalue weighted by atomic mass is 19.1. The fourth-order valence-corrected chi connectivity index (χ4v) is 2.75. The third-order valence-electron chi connectivity index (χ3n) is 4.21. The van der Waals surface area contributed by atoms with Crippen LogP contribution in [0.2, 0.25) is 0 Å². The lowest BCUT2D eigenvalue weighted by atomic mass is 10.1. The van der Waals surface area contributed by atoms with Gasteiger partial charge in [-0.2, -0.15) is 0 Å². The van der Waals surface area contributed by atoms with Gasteiger partial charge >= 0.3 is 0 Å². The van der Waals surface area contributed by atoms with Crippen molar-refractivity contribution >= 4 is 40.0 Å². The van der Waals surface area contributed by atoms with Crippen LogP contribution in [0.25, 0.3) is 10.9 Å². The van der Waals surface area contributed by atoms with Crippen LogP contribution >= 0.6 is 0 Å². The van der Waals surface area contributed by atoms with Crippen molar-refractivity contribution in [1.82, 2.24) is 9.97 Å². The molecule has 28 heavy (non-hydrogen) atoms. The first-order chi connectivity index (χ1) is 13.4. The molecule has 3 aromatic rings. The first kappa shape index (κ1) is 19.0. The van der Waals surface area contributed by atoms with Gasteiger partial charge in [-0.05, 0) is 24.6 Å². The minimum absolute atomic E-state index is 0.0482. The topological polar surface area (TPSA) is 136 Å². The molecule has 0 spiro atoms. The molecular weight excluding hydrogens is 363 g/mol. The molecule has 0 aliphatic heterocycles. The van der Waals surface area contributed by atoms with Gasteiger partial charge in [0.2, 0.25) is 5.91 Å². The zero-order valence-electron chi connectivity index (χ0n) is 15.1. The first-order valence-electron chi connectivity index (χ1n) is 8.57. The van der Waals surface area contributed by atoms with E-state index in [0.29, 0.717) is 12.1 Å². The van der Waals surface area contributed by atoms with Gasteiger partial charge in [-0.1, -0.05) is 25.1 Å². The van der Waals surface area contributed by atoms with Gasteiger partial charge < -0.3 is 22.1 Å². The maximum absolute atomic E-state index is 14.4. The molecule has 1 atom stereocenters. The van der Waals surface area contributed by atoms with Gasteiger partial charge in [0.25, 0.3) is 5.91 Å². The van der Waals surface area contributed by atoms with E-state index in [0.717, 1.165) is 17.0 Å². The van der Waals surface area contributed by atoms with E-state index in [-0.39, 0.29) is 17.2 Å². The maximum atomic E-state index is 14.4.